The van der Waals surface area contributed by atoms with Crippen molar-refractivity contribution in [2.45, 2.75) is 25.8 Å². The number of carbonyl (C=O) groups is 2. The van der Waals surface area contributed by atoms with E-state index in [4.69, 9.17) is 9.47 Å². The van der Waals surface area contributed by atoms with Gasteiger partial charge in [0.1, 0.15) is 22.2 Å². The fourth-order valence-electron chi connectivity index (χ4n) is 4.23. The average Bonchev–Trinajstić information content (AvgIpc) is 3.46. The quantitative estimate of drug-likeness (QED) is 0.610. The molecule has 4 rings (SSSR count). The Balaban J connectivity index is 1.50. The minimum atomic E-state index is -0.114. The van der Waals surface area contributed by atoms with E-state index >= 15 is 0 Å². The van der Waals surface area contributed by atoms with Crippen LogP contribution in [0.25, 0.3) is 10.9 Å². The summed E-state index contributed by atoms with van der Waals surface area (Å²) in [6, 6.07) is 5.35. The van der Waals surface area contributed by atoms with E-state index in [1.165, 1.54) is 6.92 Å². The first-order valence-electron chi connectivity index (χ1n) is 10.2. The van der Waals surface area contributed by atoms with Crippen molar-refractivity contribution in [2.75, 3.05) is 27.3 Å². The Morgan fingerprint density at radius 2 is 1.94 bits per heavy atom. The number of H-pyrrole nitrogens is 1. The molecule has 0 radical (unpaired) electrons. The molecule has 164 valence electrons. The number of thiazole rings is 1. The Labute approximate surface area is 184 Å². The van der Waals surface area contributed by atoms with Crippen LogP contribution in [0.3, 0.4) is 0 Å². The number of rotatable bonds is 6. The Morgan fingerprint density at radius 3 is 2.55 bits per heavy atom. The summed E-state index contributed by atoms with van der Waals surface area (Å²) in [5.74, 6) is 1.47. The maximum Gasteiger partial charge on any atom is 0.270 e. The lowest BCUT2D eigenvalue weighted by atomic mass is 9.89. The second-order valence-corrected chi connectivity index (χ2v) is 8.55. The van der Waals surface area contributed by atoms with Crippen LogP contribution in [-0.4, -0.2) is 54.0 Å². The summed E-state index contributed by atoms with van der Waals surface area (Å²) >= 11 is 1.54. The van der Waals surface area contributed by atoms with Crippen molar-refractivity contribution in [3.8, 4) is 11.5 Å². The molecule has 0 spiro atoms. The molecular formula is C22H26N4O4S. The Kier molecular flexibility index (Phi) is 6.13. The third-order valence-corrected chi connectivity index (χ3v) is 6.62. The number of methoxy groups -OCH3 is 2. The number of hydrogen-bond acceptors (Lipinski definition) is 6. The van der Waals surface area contributed by atoms with Gasteiger partial charge >= 0.3 is 0 Å². The van der Waals surface area contributed by atoms with Gasteiger partial charge in [0.2, 0.25) is 5.91 Å². The molecule has 9 heteroatoms. The fourth-order valence-corrected chi connectivity index (χ4v) is 5.01. The molecule has 31 heavy (non-hydrogen) atoms. The standard InChI is InChI=1S/C22H26N4O4S/c1-13(27)24-19(21-23-8-11-31-21)14-6-9-26(10-7-14)22(28)16-12-15-17(29-2)4-5-18(30-3)20(15)25-16/h4-5,8,11-12,14,19,25H,6-7,9-10H2,1-3H3,(H,24,27)/t19-/m1/s1. The summed E-state index contributed by atoms with van der Waals surface area (Å²) in [4.78, 5) is 34.4. The van der Waals surface area contributed by atoms with Gasteiger partial charge in [-0.3, -0.25) is 9.59 Å². The van der Waals surface area contributed by atoms with Crippen molar-refractivity contribution in [3.63, 3.8) is 0 Å². The molecule has 1 aromatic carbocycles. The maximum absolute atomic E-state index is 13.2. The Morgan fingerprint density at radius 1 is 1.23 bits per heavy atom. The van der Waals surface area contributed by atoms with Gasteiger partial charge in [-0.05, 0) is 37.0 Å². The first-order chi connectivity index (χ1) is 15.0. The fraction of sp³-hybridized carbons (Fsp3) is 0.409. The van der Waals surface area contributed by atoms with E-state index in [9.17, 15) is 9.59 Å². The summed E-state index contributed by atoms with van der Waals surface area (Å²) in [6.07, 6.45) is 3.35. The lowest BCUT2D eigenvalue weighted by Crippen LogP contribution is -2.42. The first kappa shape index (κ1) is 21.2. The molecule has 0 unspecified atom stereocenters. The molecule has 1 atom stereocenters. The van der Waals surface area contributed by atoms with Crippen molar-refractivity contribution in [1.29, 1.82) is 0 Å². The molecule has 0 bridgehead atoms. The van der Waals surface area contributed by atoms with Gasteiger partial charge in [0.25, 0.3) is 5.91 Å². The van der Waals surface area contributed by atoms with Gasteiger partial charge in [-0.1, -0.05) is 0 Å². The normalized spacial score (nSPS) is 15.6. The zero-order chi connectivity index (χ0) is 22.0. The van der Waals surface area contributed by atoms with Crippen molar-refractivity contribution in [1.82, 2.24) is 20.2 Å². The van der Waals surface area contributed by atoms with Crippen molar-refractivity contribution < 1.29 is 19.1 Å². The smallest absolute Gasteiger partial charge is 0.270 e. The average molecular weight is 443 g/mol. The van der Waals surface area contributed by atoms with Gasteiger partial charge < -0.3 is 24.7 Å². The van der Waals surface area contributed by atoms with Crippen LogP contribution >= 0.6 is 11.3 Å². The van der Waals surface area contributed by atoms with E-state index in [-0.39, 0.29) is 23.8 Å². The third-order valence-electron chi connectivity index (χ3n) is 5.76. The molecule has 1 fully saturated rings. The second kappa shape index (κ2) is 8.97. The van der Waals surface area contributed by atoms with E-state index in [2.05, 4.69) is 15.3 Å². The molecule has 2 aromatic heterocycles. The van der Waals surface area contributed by atoms with Crippen LogP contribution in [0, 0.1) is 5.92 Å². The van der Waals surface area contributed by atoms with E-state index < -0.39 is 0 Å². The second-order valence-electron chi connectivity index (χ2n) is 7.62. The highest BCUT2D eigenvalue weighted by atomic mass is 32.1. The lowest BCUT2D eigenvalue weighted by molar-refractivity contribution is -0.120. The predicted octanol–water partition coefficient (Wildman–Crippen LogP) is 3.37. The third kappa shape index (κ3) is 4.23. The molecule has 1 aliphatic heterocycles. The van der Waals surface area contributed by atoms with Gasteiger partial charge in [-0.2, -0.15) is 0 Å². The minimum Gasteiger partial charge on any atom is -0.496 e. The monoisotopic (exact) mass is 442 g/mol. The number of amides is 2. The number of fused-ring (bicyclic) bond motifs is 1. The first-order valence-corrected chi connectivity index (χ1v) is 11.1. The minimum absolute atomic E-state index is 0.0518. The van der Waals surface area contributed by atoms with Gasteiger partial charge in [0.15, 0.2) is 0 Å². The molecule has 2 N–H and O–H groups in total. The highest BCUT2D eigenvalue weighted by Gasteiger charge is 2.32. The van der Waals surface area contributed by atoms with E-state index in [1.807, 2.05) is 28.5 Å². The number of aromatic amines is 1. The van der Waals surface area contributed by atoms with Gasteiger partial charge in [-0.15, -0.1) is 11.3 Å². The lowest BCUT2D eigenvalue weighted by Gasteiger charge is -2.35. The van der Waals surface area contributed by atoms with Crippen LogP contribution in [0.5, 0.6) is 11.5 Å². The highest BCUT2D eigenvalue weighted by molar-refractivity contribution is 7.09. The number of piperidine rings is 1. The van der Waals surface area contributed by atoms with Crippen LogP contribution in [0.2, 0.25) is 0 Å². The number of ether oxygens (including phenoxy) is 2. The number of likely N-dealkylation sites (tertiary alicyclic amines) is 1. The molecule has 1 aliphatic rings. The van der Waals surface area contributed by atoms with Gasteiger partial charge in [0, 0.05) is 37.0 Å². The van der Waals surface area contributed by atoms with E-state index in [0.717, 1.165) is 28.8 Å². The van der Waals surface area contributed by atoms with Crippen LogP contribution < -0.4 is 14.8 Å². The summed E-state index contributed by atoms with van der Waals surface area (Å²) in [7, 11) is 3.21. The number of aromatic nitrogens is 2. The van der Waals surface area contributed by atoms with E-state index in [1.54, 1.807) is 31.8 Å². The van der Waals surface area contributed by atoms with Crippen LogP contribution in [0.15, 0.2) is 29.8 Å². The molecule has 0 aliphatic carbocycles. The number of hydrogen-bond donors (Lipinski definition) is 2. The highest BCUT2D eigenvalue weighted by Crippen LogP contribution is 2.35. The molecule has 8 nitrogen and oxygen atoms in total. The van der Waals surface area contributed by atoms with Crippen LogP contribution in [-0.2, 0) is 4.79 Å². The van der Waals surface area contributed by atoms with Crippen molar-refractivity contribution >= 4 is 34.1 Å². The summed E-state index contributed by atoms with van der Waals surface area (Å²) in [5.41, 5.74) is 1.25. The maximum atomic E-state index is 13.2. The molecule has 2 amide bonds. The van der Waals surface area contributed by atoms with Gasteiger partial charge in [-0.25, -0.2) is 4.98 Å². The van der Waals surface area contributed by atoms with Crippen molar-refractivity contribution in [2.24, 2.45) is 5.92 Å². The number of nitrogens with zero attached hydrogens (tertiary/aromatic N) is 2. The number of carbonyl (C=O) groups excluding carboxylic acids is 2. The molecule has 3 aromatic rings. The Hall–Kier alpha value is -3.07. The van der Waals surface area contributed by atoms with Crippen molar-refractivity contribution in [3.05, 3.63) is 40.5 Å². The predicted molar refractivity (Wildman–Crippen MR) is 119 cm³/mol. The summed E-state index contributed by atoms with van der Waals surface area (Å²) in [6.45, 7) is 2.76. The zero-order valence-corrected chi connectivity index (χ0v) is 18.6. The van der Waals surface area contributed by atoms with Crippen LogP contribution in [0.4, 0.5) is 0 Å². The molecule has 3 heterocycles. The molecule has 0 saturated carbocycles. The topological polar surface area (TPSA) is 96.5 Å². The number of benzene rings is 1. The Bertz CT molecular complexity index is 1030. The SMILES string of the molecule is COc1ccc(OC)c2[nH]c(C(=O)N3CCC([C@@H](NC(C)=O)c4nccs4)CC3)cc12. The zero-order valence-electron chi connectivity index (χ0n) is 17.8. The van der Waals surface area contributed by atoms with Crippen LogP contribution in [0.1, 0.15) is 41.3 Å². The largest absolute Gasteiger partial charge is 0.496 e. The number of nitrogens with one attached hydrogen (secondary N) is 2. The molecule has 1 saturated heterocycles. The van der Waals surface area contributed by atoms with Gasteiger partial charge in [0.05, 0.1) is 25.8 Å². The summed E-state index contributed by atoms with van der Waals surface area (Å²) in [5, 5.41) is 6.69. The molecular weight excluding hydrogens is 416 g/mol. The summed E-state index contributed by atoms with van der Waals surface area (Å²) < 4.78 is 10.9. The van der Waals surface area contributed by atoms with E-state index in [0.29, 0.717) is 30.3 Å².